The number of hydrogen-bond donors (Lipinski definition) is 0. The van der Waals surface area contributed by atoms with Gasteiger partial charge in [-0.1, -0.05) is 18.2 Å². The van der Waals surface area contributed by atoms with Gasteiger partial charge in [0.15, 0.2) is 5.44 Å². The highest BCUT2D eigenvalue weighted by molar-refractivity contribution is 7.85. The van der Waals surface area contributed by atoms with Crippen LogP contribution in [0.4, 0.5) is 0 Å². The minimum atomic E-state index is -1.40. The van der Waals surface area contributed by atoms with Crippen molar-refractivity contribution >= 4 is 10.8 Å². The first-order valence-electron chi connectivity index (χ1n) is 7.36. The van der Waals surface area contributed by atoms with Crippen molar-refractivity contribution in [1.82, 2.24) is 0 Å². The topological polar surface area (TPSA) is 63.2 Å². The summed E-state index contributed by atoms with van der Waals surface area (Å²) in [6.07, 6.45) is -1.68. The largest absolute Gasteiger partial charge is 0.382 e. The Hall–Kier alpha value is -0.830. The van der Waals surface area contributed by atoms with E-state index < -0.39 is 28.4 Å². The van der Waals surface area contributed by atoms with Crippen molar-refractivity contribution in [1.29, 1.82) is 0 Å². The zero-order chi connectivity index (χ0) is 16.8. The van der Waals surface area contributed by atoms with Crippen LogP contribution < -0.4 is 0 Å². The number of ether oxygens (including phenoxy) is 5. The molecule has 0 aliphatic carbocycles. The summed E-state index contributed by atoms with van der Waals surface area (Å²) in [4.78, 5) is 0.682. The quantitative estimate of drug-likeness (QED) is 0.741. The van der Waals surface area contributed by atoms with Gasteiger partial charge in [-0.25, -0.2) is 0 Å². The molecule has 0 saturated carbocycles. The maximum Gasteiger partial charge on any atom is 0.166 e. The molecule has 1 unspecified atom stereocenters. The third-order valence-corrected chi connectivity index (χ3v) is 5.46. The van der Waals surface area contributed by atoms with Crippen molar-refractivity contribution in [3.63, 3.8) is 0 Å². The second kappa shape index (κ2) is 8.86. The van der Waals surface area contributed by atoms with Crippen molar-refractivity contribution in [2.45, 2.75) is 34.7 Å². The van der Waals surface area contributed by atoms with E-state index in [1.54, 1.807) is 28.4 Å². The molecule has 7 heteroatoms. The molecule has 0 amide bonds. The molecule has 0 N–H and O–H groups in total. The van der Waals surface area contributed by atoms with Crippen LogP contribution in [-0.4, -0.2) is 69.1 Å². The summed E-state index contributed by atoms with van der Waals surface area (Å²) in [5.74, 6) is 0. The van der Waals surface area contributed by atoms with E-state index >= 15 is 0 Å². The van der Waals surface area contributed by atoms with Gasteiger partial charge in [0, 0.05) is 33.3 Å². The molecule has 0 aromatic heterocycles. The SMILES string of the molecule is COC[C@H]1O[C@H](S(=O)c2ccccc2)[C@H](OC)[C@@H](OC)[C@@H]1OC. The lowest BCUT2D eigenvalue weighted by atomic mass is 9.99. The number of rotatable bonds is 7. The monoisotopic (exact) mass is 344 g/mol. The highest BCUT2D eigenvalue weighted by Gasteiger charge is 2.49. The lowest BCUT2D eigenvalue weighted by molar-refractivity contribution is -0.229. The Morgan fingerprint density at radius 3 is 2.09 bits per heavy atom. The number of hydrogen-bond acceptors (Lipinski definition) is 6. The minimum Gasteiger partial charge on any atom is -0.382 e. The van der Waals surface area contributed by atoms with Crippen LogP contribution >= 0.6 is 0 Å². The van der Waals surface area contributed by atoms with Gasteiger partial charge < -0.3 is 23.7 Å². The second-order valence-electron chi connectivity index (χ2n) is 5.21. The first-order chi connectivity index (χ1) is 11.2. The smallest absolute Gasteiger partial charge is 0.166 e. The molecule has 1 saturated heterocycles. The van der Waals surface area contributed by atoms with Crippen LogP contribution in [0.1, 0.15) is 0 Å². The van der Waals surface area contributed by atoms with Gasteiger partial charge in [0.05, 0.1) is 17.4 Å². The maximum absolute atomic E-state index is 12.9. The van der Waals surface area contributed by atoms with Gasteiger partial charge in [-0.05, 0) is 12.1 Å². The summed E-state index contributed by atoms with van der Waals surface area (Å²) in [5.41, 5.74) is -0.668. The van der Waals surface area contributed by atoms with E-state index in [4.69, 9.17) is 23.7 Å². The Bertz CT molecular complexity index is 497. The predicted octanol–water partition coefficient (Wildman–Crippen LogP) is 1.21. The van der Waals surface area contributed by atoms with Crippen LogP contribution in [0, 0.1) is 0 Å². The van der Waals surface area contributed by atoms with Crippen LogP contribution in [0.25, 0.3) is 0 Å². The van der Waals surface area contributed by atoms with Crippen LogP contribution in [-0.2, 0) is 34.5 Å². The first kappa shape index (κ1) is 18.5. The fourth-order valence-electron chi connectivity index (χ4n) is 2.84. The van der Waals surface area contributed by atoms with Crippen molar-refractivity contribution in [3.05, 3.63) is 30.3 Å². The molecule has 1 aromatic carbocycles. The Balaban J connectivity index is 2.31. The zero-order valence-corrected chi connectivity index (χ0v) is 14.7. The molecular formula is C16H24O6S. The summed E-state index contributed by atoms with van der Waals surface area (Å²) in [5, 5.41) is 0. The standard InChI is InChI=1S/C16H24O6S/c1-18-10-12-13(19-2)14(20-3)15(21-4)16(22-12)23(17)11-8-6-5-7-9-11/h5-9,12-16H,10H2,1-4H3/t12-,13-,14+,15-,16-,23?/m1/s1. The summed E-state index contributed by atoms with van der Waals surface area (Å²) < 4.78 is 40.8. The third kappa shape index (κ3) is 3.99. The van der Waals surface area contributed by atoms with Gasteiger partial charge in [0.25, 0.3) is 0 Å². The molecule has 23 heavy (non-hydrogen) atoms. The van der Waals surface area contributed by atoms with Gasteiger partial charge in [-0.15, -0.1) is 0 Å². The molecule has 0 radical (unpaired) electrons. The first-order valence-corrected chi connectivity index (χ1v) is 8.57. The molecule has 0 spiro atoms. The predicted molar refractivity (Wildman–Crippen MR) is 85.8 cm³/mol. The van der Waals surface area contributed by atoms with Crippen LogP contribution in [0.3, 0.4) is 0 Å². The Morgan fingerprint density at radius 1 is 0.957 bits per heavy atom. The van der Waals surface area contributed by atoms with E-state index in [-0.39, 0.29) is 12.2 Å². The van der Waals surface area contributed by atoms with Crippen molar-refractivity contribution in [3.8, 4) is 0 Å². The fraction of sp³-hybridized carbons (Fsp3) is 0.625. The summed E-state index contributed by atoms with van der Waals surface area (Å²) in [6, 6.07) is 9.18. The minimum absolute atomic E-state index is 0.317. The van der Waals surface area contributed by atoms with Crippen LogP contribution in [0.5, 0.6) is 0 Å². The summed E-state index contributed by atoms with van der Waals surface area (Å²) >= 11 is 0. The van der Waals surface area contributed by atoms with Crippen molar-refractivity contribution < 1.29 is 27.9 Å². The van der Waals surface area contributed by atoms with Crippen LogP contribution in [0.2, 0.25) is 0 Å². The van der Waals surface area contributed by atoms with Gasteiger partial charge in [-0.3, -0.25) is 4.21 Å². The average molecular weight is 344 g/mol. The molecular weight excluding hydrogens is 320 g/mol. The third-order valence-electron chi connectivity index (χ3n) is 3.93. The molecule has 2 rings (SSSR count). The molecule has 130 valence electrons. The van der Waals surface area contributed by atoms with E-state index in [1.165, 1.54) is 0 Å². The van der Waals surface area contributed by atoms with Gasteiger partial charge in [0.1, 0.15) is 24.4 Å². The molecule has 1 aromatic rings. The number of benzene rings is 1. The molecule has 1 aliphatic rings. The highest BCUT2D eigenvalue weighted by Crippen LogP contribution is 2.31. The average Bonchev–Trinajstić information content (AvgIpc) is 2.60. The lowest BCUT2D eigenvalue weighted by Gasteiger charge is -2.44. The van der Waals surface area contributed by atoms with Gasteiger partial charge in [-0.2, -0.15) is 0 Å². The summed E-state index contributed by atoms with van der Waals surface area (Å²) in [7, 11) is 4.91. The second-order valence-corrected chi connectivity index (χ2v) is 6.74. The molecule has 6 atom stereocenters. The van der Waals surface area contributed by atoms with Crippen LogP contribution in [0.15, 0.2) is 35.2 Å². The fourth-order valence-corrected chi connectivity index (χ4v) is 4.29. The van der Waals surface area contributed by atoms with E-state index in [2.05, 4.69) is 0 Å². The Morgan fingerprint density at radius 2 is 1.57 bits per heavy atom. The molecule has 0 bridgehead atoms. The van der Waals surface area contributed by atoms with E-state index in [0.29, 0.717) is 11.5 Å². The summed E-state index contributed by atoms with van der Waals surface area (Å²) in [6.45, 7) is 0.317. The normalized spacial score (nSPS) is 32.6. The lowest BCUT2D eigenvalue weighted by Crippen LogP contribution is -2.61. The van der Waals surface area contributed by atoms with Gasteiger partial charge in [0.2, 0.25) is 0 Å². The Labute approximate surface area is 139 Å². The molecule has 6 nitrogen and oxygen atoms in total. The molecule has 1 heterocycles. The van der Waals surface area contributed by atoms with E-state index in [1.807, 2.05) is 30.3 Å². The van der Waals surface area contributed by atoms with E-state index in [0.717, 1.165) is 0 Å². The number of methoxy groups -OCH3 is 4. The van der Waals surface area contributed by atoms with Crippen molar-refractivity contribution in [2.24, 2.45) is 0 Å². The Kier molecular flexibility index (Phi) is 7.13. The zero-order valence-electron chi connectivity index (χ0n) is 13.8. The maximum atomic E-state index is 12.9. The molecule has 1 aliphatic heterocycles. The van der Waals surface area contributed by atoms with Gasteiger partial charge >= 0.3 is 0 Å². The highest BCUT2D eigenvalue weighted by atomic mass is 32.2. The van der Waals surface area contributed by atoms with Crippen molar-refractivity contribution in [2.75, 3.05) is 35.0 Å². The van der Waals surface area contributed by atoms with E-state index in [9.17, 15) is 4.21 Å². The molecule has 1 fully saturated rings.